The van der Waals surface area contributed by atoms with E-state index in [4.69, 9.17) is 0 Å². The molecule has 31 heavy (non-hydrogen) atoms. The van der Waals surface area contributed by atoms with Crippen molar-refractivity contribution >= 4 is 11.7 Å². The van der Waals surface area contributed by atoms with Gasteiger partial charge in [-0.2, -0.15) is 0 Å². The fourth-order valence-electron chi connectivity index (χ4n) is 2.28. The van der Waals surface area contributed by atoms with Crippen LogP contribution in [0.25, 0.3) is 11.1 Å². The molecule has 0 radical (unpaired) electrons. The number of nitrogens with one attached hydrogen (secondary N) is 2. The van der Waals surface area contributed by atoms with Crippen LogP contribution in [0.15, 0.2) is 67.5 Å². The highest BCUT2D eigenvalue weighted by Crippen LogP contribution is 2.23. The van der Waals surface area contributed by atoms with E-state index in [0.717, 1.165) is 28.9 Å². The van der Waals surface area contributed by atoms with Crippen LogP contribution in [0.1, 0.15) is 50.0 Å². The molecule has 0 bridgehead atoms. The van der Waals surface area contributed by atoms with E-state index in [9.17, 15) is 4.79 Å². The molecule has 2 aromatic rings. The Kier molecular flexibility index (Phi) is 15.5. The van der Waals surface area contributed by atoms with Gasteiger partial charge in [-0.3, -0.25) is 9.78 Å². The number of pyridine rings is 2. The Morgan fingerprint density at radius 2 is 1.84 bits per heavy atom. The number of amides is 1. The Morgan fingerprint density at radius 1 is 1.13 bits per heavy atom. The molecule has 0 aliphatic rings. The number of aryl methyl sites for hydroxylation is 1. The van der Waals surface area contributed by atoms with Gasteiger partial charge in [0.2, 0.25) is 0 Å². The third-order valence-corrected chi connectivity index (χ3v) is 3.71. The maximum absolute atomic E-state index is 11.7. The number of carbonyl (C=O) groups is 1. The molecule has 1 amide bonds. The molecule has 0 saturated heterocycles. The minimum absolute atomic E-state index is 0.155. The highest BCUT2D eigenvalue weighted by molar-refractivity contribution is 5.94. The van der Waals surface area contributed by atoms with Gasteiger partial charge in [0.05, 0.1) is 18.9 Å². The van der Waals surface area contributed by atoms with Crippen LogP contribution in [-0.4, -0.2) is 30.0 Å². The average molecular weight is 425 g/mol. The van der Waals surface area contributed by atoms with Crippen molar-refractivity contribution in [2.75, 3.05) is 19.5 Å². The summed E-state index contributed by atoms with van der Waals surface area (Å²) in [7, 11) is 3.23. The lowest BCUT2D eigenvalue weighted by Crippen LogP contribution is -2.17. The highest BCUT2D eigenvalue weighted by Gasteiger charge is 2.07. The SMILES string of the molecule is C/C=C/OC.CC.CC/C=C/C=C/Nc1ncc(-c2cncc(C(=O)NC)c2)cc1C. The van der Waals surface area contributed by atoms with Gasteiger partial charge in [-0.15, -0.1) is 0 Å². The van der Waals surface area contributed by atoms with E-state index in [1.54, 1.807) is 39.0 Å². The third kappa shape index (κ3) is 10.8. The van der Waals surface area contributed by atoms with Gasteiger partial charge in [0, 0.05) is 43.0 Å². The van der Waals surface area contributed by atoms with E-state index in [1.165, 1.54) is 0 Å². The molecule has 168 valence electrons. The molecule has 2 N–H and O–H groups in total. The summed E-state index contributed by atoms with van der Waals surface area (Å²) < 4.78 is 4.51. The minimum Gasteiger partial charge on any atom is -0.505 e. The molecule has 6 nitrogen and oxygen atoms in total. The second-order valence-corrected chi connectivity index (χ2v) is 5.98. The summed E-state index contributed by atoms with van der Waals surface area (Å²) in [5, 5.41) is 5.77. The monoisotopic (exact) mass is 424 g/mol. The Hall–Kier alpha value is -3.41. The molecule has 0 spiro atoms. The summed E-state index contributed by atoms with van der Waals surface area (Å²) in [6.45, 7) is 9.99. The van der Waals surface area contributed by atoms with Crippen molar-refractivity contribution in [3.05, 3.63) is 78.6 Å². The first-order valence-electron chi connectivity index (χ1n) is 10.4. The second kappa shape index (κ2) is 17.4. The van der Waals surface area contributed by atoms with Crippen LogP contribution in [0.4, 0.5) is 5.82 Å². The number of hydrogen-bond donors (Lipinski definition) is 2. The lowest BCUT2D eigenvalue weighted by molar-refractivity contribution is 0.0963. The van der Waals surface area contributed by atoms with E-state index in [2.05, 4.69) is 38.3 Å². The van der Waals surface area contributed by atoms with Crippen LogP contribution >= 0.6 is 0 Å². The lowest BCUT2D eigenvalue weighted by Gasteiger charge is -2.08. The first-order chi connectivity index (χ1) is 15.1. The van der Waals surface area contributed by atoms with Crippen LogP contribution in [0, 0.1) is 6.92 Å². The molecule has 0 fully saturated rings. The molecular formula is C25H36N4O2. The maximum Gasteiger partial charge on any atom is 0.252 e. The van der Waals surface area contributed by atoms with Crippen LogP contribution in [0.5, 0.6) is 0 Å². The van der Waals surface area contributed by atoms with E-state index in [0.29, 0.717) is 5.56 Å². The van der Waals surface area contributed by atoms with Crippen LogP contribution in [-0.2, 0) is 4.74 Å². The van der Waals surface area contributed by atoms with Gasteiger partial charge in [0.25, 0.3) is 5.91 Å². The van der Waals surface area contributed by atoms with Crippen molar-refractivity contribution in [3.8, 4) is 11.1 Å². The Balaban J connectivity index is 0.00000113. The average Bonchev–Trinajstić information content (AvgIpc) is 2.81. The Bertz CT molecular complexity index is 858. The van der Waals surface area contributed by atoms with E-state index >= 15 is 0 Å². The first-order valence-corrected chi connectivity index (χ1v) is 10.4. The summed E-state index contributed by atoms with van der Waals surface area (Å²) in [6.07, 6.45) is 17.4. The molecule has 0 atom stereocenters. The quantitative estimate of drug-likeness (QED) is 0.428. The number of hydrogen-bond acceptors (Lipinski definition) is 5. The van der Waals surface area contributed by atoms with Crippen molar-refractivity contribution in [2.24, 2.45) is 0 Å². The number of nitrogens with zero attached hydrogens (tertiary/aromatic N) is 2. The van der Waals surface area contributed by atoms with Crippen LogP contribution < -0.4 is 10.6 Å². The summed E-state index contributed by atoms with van der Waals surface area (Å²) in [6, 6.07) is 3.83. The topological polar surface area (TPSA) is 76.1 Å². The van der Waals surface area contributed by atoms with Gasteiger partial charge in [-0.05, 0) is 44.0 Å². The molecule has 2 heterocycles. The largest absolute Gasteiger partial charge is 0.505 e. The van der Waals surface area contributed by atoms with Gasteiger partial charge in [0.1, 0.15) is 5.82 Å². The Morgan fingerprint density at radius 3 is 2.39 bits per heavy atom. The molecule has 6 heteroatoms. The van der Waals surface area contributed by atoms with E-state index in [-0.39, 0.29) is 5.91 Å². The zero-order valence-electron chi connectivity index (χ0n) is 19.8. The molecule has 0 aromatic carbocycles. The number of allylic oxidation sites excluding steroid dienone is 4. The fraction of sp³-hybridized carbons (Fsp3) is 0.320. The zero-order chi connectivity index (χ0) is 23.5. The van der Waals surface area contributed by atoms with Gasteiger partial charge in [-0.25, -0.2) is 4.98 Å². The number of methoxy groups -OCH3 is 1. The van der Waals surface area contributed by atoms with Crippen molar-refractivity contribution < 1.29 is 9.53 Å². The van der Waals surface area contributed by atoms with Gasteiger partial charge in [0.15, 0.2) is 0 Å². The summed E-state index contributed by atoms with van der Waals surface area (Å²) >= 11 is 0. The molecular weight excluding hydrogens is 388 g/mol. The summed E-state index contributed by atoms with van der Waals surface area (Å²) in [5.41, 5.74) is 3.33. The minimum atomic E-state index is -0.155. The van der Waals surface area contributed by atoms with E-state index in [1.807, 2.05) is 64.3 Å². The van der Waals surface area contributed by atoms with Crippen molar-refractivity contribution in [3.63, 3.8) is 0 Å². The van der Waals surface area contributed by atoms with Crippen LogP contribution in [0.3, 0.4) is 0 Å². The number of rotatable bonds is 7. The maximum atomic E-state index is 11.7. The smallest absolute Gasteiger partial charge is 0.252 e. The summed E-state index contributed by atoms with van der Waals surface area (Å²) in [5.74, 6) is 0.646. The second-order valence-electron chi connectivity index (χ2n) is 5.98. The van der Waals surface area contributed by atoms with Crippen LogP contribution in [0.2, 0.25) is 0 Å². The number of ether oxygens (including phenoxy) is 1. The van der Waals surface area contributed by atoms with Gasteiger partial charge >= 0.3 is 0 Å². The lowest BCUT2D eigenvalue weighted by atomic mass is 10.1. The van der Waals surface area contributed by atoms with E-state index < -0.39 is 0 Å². The first kappa shape index (κ1) is 27.6. The van der Waals surface area contributed by atoms with Gasteiger partial charge in [-0.1, -0.05) is 39.0 Å². The highest BCUT2D eigenvalue weighted by atomic mass is 16.5. The van der Waals surface area contributed by atoms with Crippen molar-refractivity contribution in [2.45, 2.75) is 41.0 Å². The predicted molar refractivity (Wildman–Crippen MR) is 131 cm³/mol. The molecule has 2 rings (SSSR count). The normalized spacial score (nSPS) is 10.3. The van der Waals surface area contributed by atoms with Crippen molar-refractivity contribution in [1.29, 1.82) is 0 Å². The Labute approximate surface area is 187 Å². The molecule has 0 saturated carbocycles. The fourth-order valence-corrected chi connectivity index (χ4v) is 2.28. The zero-order valence-corrected chi connectivity index (χ0v) is 19.8. The van der Waals surface area contributed by atoms with Gasteiger partial charge < -0.3 is 15.4 Å². The third-order valence-electron chi connectivity index (χ3n) is 3.71. The number of carbonyl (C=O) groups excluding carboxylic acids is 1. The molecule has 0 aliphatic heterocycles. The number of anilines is 1. The van der Waals surface area contributed by atoms with Crippen molar-refractivity contribution in [1.82, 2.24) is 15.3 Å². The number of aromatic nitrogens is 2. The predicted octanol–water partition coefficient (Wildman–Crippen LogP) is 5.90. The standard InChI is InChI=1S/C19H22N4O.C4H8O.C2H6/c1-4-5-6-7-8-22-18-14(2)9-15(13-23-18)16-10-17(12-21-11-16)19(24)20-3;1-3-4-5-2;1-2/h5-13H,4H2,1-3H3,(H,20,24)(H,22,23);3-4H,1-2H3;1-2H3/b6-5+,8-7+;4-3+;. The molecule has 0 unspecified atom stereocenters. The molecule has 2 aromatic heterocycles. The summed E-state index contributed by atoms with van der Waals surface area (Å²) in [4.78, 5) is 20.3. The molecule has 0 aliphatic carbocycles.